The van der Waals surface area contributed by atoms with Gasteiger partial charge in [0.1, 0.15) is 0 Å². The molecule has 0 aliphatic carbocycles. The van der Waals surface area contributed by atoms with Crippen LogP contribution in [0.3, 0.4) is 0 Å². The second-order valence-corrected chi connectivity index (χ2v) is 9.75. The monoisotopic (exact) mass is 342 g/mol. The Bertz CT molecular complexity index is 57.5. The van der Waals surface area contributed by atoms with Crippen molar-refractivity contribution in [2.75, 3.05) is 0 Å². The molecular weight excluding hydrogens is 327 g/mol. The summed E-state index contributed by atoms with van der Waals surface area (Å²) in [5.74, 6) is 0. The van der Waals surface area contributed by atoms with E-state index in [4.69, 9.17) is 0 Å². The molecule has 8 heavy (non-hydrogen) atoms. The molecule has 1 rings (SSSR count). The maximum atomic E-state index is 2.53. The molecule has 0 aromatic rings. The van der Waals surface area contributed by atoms with Crippen LogP contribution in [0.1, 0.15) is 19.8 Å². The van der Waals surface area contributed by atoms with E-state index < -0.39 is 19.6 Å². The Balaban J connectivity index is 0.000000490. The summed E-state index contributed by atoms with van der Waals surface area (Å²) in [6, 6.07) is 0. The Morgan fingerprint density at radius 2 is 2.12 bits per heavy atom. The Hall–Kier alpha value is 1.52. The van der Waals surface area contributed by atoms with Crippen molar-refractivity contribution < 1.29 is 24.0 Å². The average molecular weight is 340 g/mol. The normalized spacial score (nSPS) is 30.0. The average Bonchev–Trinajstić information content (AvgIpc) is 1.91. The number of halogens is 1. The molecule has 0 spiro atoms. The molecule has 0 bridgehead atoms. The van der Waals surface area contributed by atoms with E-state index in [1.54, 1.807) is 17.3 Å². The fraction of sp³-hybridized carbons (Fsp3) is 1.00. The number of hydrogen-bond acceptors (Lipinski definition) is 0. The fourth-order valence-corrected chi connectivity index (χ4v) is 5.55. The predicted octanol–water partition coefficient (Wildman–Crippen LogP) is -0.701. The van der Waals surface area contributed by atoms with Crippen LogP contribution in [-0.4, -0.2) is 19.6 Å². The molecule has 0 aromatic heterocycles. The van der Waals surface area contributed by atoms with E-state index in [0.29, 0.717) is 0 Å². The summed E-state index contributed by atoms with van der Waals surface area (Å²) in [6.07, 6.45) is 3.10. The topological polar surface area (TPSA) is 0 Å². The van der Waals surface area contributed by atoms with Gasteiger partial charge in [-0.3, -0.25) is 0 Å². The third-order valence-corrected chi connectivity index (χ3v) is 9.02. The molecule has 0 aromatic carbocycles. The molecule has 50 valence electrons. The van der Waals surface area contributed by atoms with E-state index in [0.717, 1.165) is 0 Å². The zero-order chi connectivity index (χ0) is 5.28. The van der Waals surface area contributed by atoms with Gasteiger partial charge in [-0.2, -0.15) is 0 Å². The van der Waals surface area contributed by atoms with Crippen molar-refractivity contribution in [2.24, 2.45) is 0 Å². The van der Waals surface area contributed by atoms with Gasteiger partial charge in [-0.25, -0.2) is 0 Å². The fourth-order valence-electron chi connectivity index (χ4n) is 1.00. The van der Waals surface area contributed by atoms with Crippen molar-refractivity contribution in [3.8, 4) is 0 Å². The summed E-state index contributed by atoms with van der Waals surface area (Å²) in [7, 11) is 0. The third-order valence-electron chi connectivity index (χ3n) is 1.76. The van der Waals surface area contributed by atoms with E-state index in [-0.39, 0.29) is 24.0 Å². The van der Waals surface area contributed by atoms with Crippen molar-refractivity contribution in [1.82, 2.24) is 0 Å². The largest absolute Gasteiger partial charge is 1.00 e. The summed E-state index contributed by atoms with van der Waals surface area (Å²) in [6.45, 7) is 2.43. The Morgan fingerprint density at radius 1 is 1.50 bits per heavy atom. The molecule has 1 fully saturated rings. The van der Waals surface area contributed by atoms with Gasteiger partial charge in [0.15, 0.2) is 0 Å². The van der Waals surface area contributed by atoms with Crippen LogP contribution in [0.5, 0.6) is 0 Å². The van der Waals surface area contributed by atoms with Gasteiger partial charge in [0.25, 0.3) is 0 Å². The van der Waals surface area contributed by atoms with Gasteiger partial charge < -0.3 is 24.0 Å². The molecule has 0 saturated carbocycles. The smallest absolute Gasteiger partial charge is 1.00 e. The number of rotatable bonds is 0. The Labute approximate surface area is 76.1 Å². The van der Waals surface area contributed by atoms with Gasteiger partial charge in [-0.1, -0.05) is 0 Å². The summed E-state index contributed by atoms with van der Waals surface area (Å²) in [4.78, 5) is 2.53. The first-order valence-electron chi connectivity index (χ1n) is 2.92. The minimum atomic E-state index is -0.403. The second-order valence-electron chi connectivity index (χ2n) is 2.35. The molecular formula is C6H13ITe. The van der Waals surface area contributed by atoms with E-state index in [9.17, 15) is 0 Å². The van der Waals surface area contributed by atoms with Crippen LogP contribution in [0, 0.1) is 0 Å². The SMILES string of the molecule is CC1CCC[Te+]1C.[I-]. The van der Waals surface area contributed by atoms with E-state index in [2.05, 4.69) is 11.9 Å². The molecule has 1 heterocycles. The first-order valence-corrected chi connectivity index (χ1v) is 8.24. The second kappa shape index (κ2) is 4.35. The maximum Gasteiger partial charge on any atom is -1.00 e. The quantitative estimate of drug-likeness (QED) is 0.404. The van der Waals surface area contributed by atoms with Gasteiger partial charge in [0.2, 0.25) is 0 Å². The van der Waals surface area contributed by atoms with Gasteiger partial charge in [-0.05, 0) is 0 Å². The van der Waals surface area contributed by atoms with Crippen LogP contribution < -0.4 is 24.0 Å². The standard InChI is InChI=1S/C6H13Te.HI/c1-6-4-3-5-7(6)2;/h6H,3-5H2,1-2H3;1H/q+1;/p-1. The van der Waals surface area contributed by atoms with E-state index in [1.165, 1.54) is 3.97 Å². The van der Waals surface area contributed by atoms with Crippen molar-refractivity contribution in [2.45, 2.75) is 33.2 Å². The van der Waals surface area contributed by atoms with E-state index in [1.807, 2.05) is 0 Å². The summed E-state index contributed by atoms with van der Waals surface area (Å²) < 4.78 is 2.83. The number of hydrogen-bond donors (Lipinski definition) is 0. The zero-order valence-electron chi connectivity index (χ0n) is 5.48. The zero-order valence-corrected chi connectivity index (χ0v) is 9.97. The molecule has 1 saturated heterocycles. The molecule has 2 heteroatoms. The van der Waals surface area contributed by atoms with Gasteiger partial charge in [0.05, 0.1) is 0 Å². The van der Waals surface area contributed by atoms with E-state index >= 15 is 0 Å². The van der Waals surface area contributed by atoms with Gasteiger partial charge in [-0.15, -0.1) is 0 Å². The summed E-state index contributed by atoms with van der Waals surface area (Å²) in [5.41, 5.74) is 0. The van der Waals surface area contributed by atoms with Gasteiger partial charge in [0, 0.05) is 0 Å². The molecule has 1 aliphatic heterocycles. The summed E-state index contributed by atoms with van der Waals surface area (Å²) >= 11 is -0.403. The van der Waals surface area contributed by atoms with Crippen LogP contribution in [-0.2, 0) is 0 Å². The molecule has 1 unspecified atom stereocenters. The maximum absolute atomic E-state index is 2.53. The first kappa shape index (κ1) is 9.52. The minimum absolute atomic E-state index is 0. The molecule has 1 aliphatic rings. The first-order chi connectivity index (χ1) is 3.30. The van der Waals surface area contributed by atoms with Crippen LogP contribution in [0.25, 0.3) is 0 Å². The molecule has 0 nitrogen and oxygen atoms in total. The molecule has 0 amide bonds. The van der Waals surface area contributed by atoms with Crippen LogP contribution in [0.2, 0.25) is 13.4 Å². The third kappa shape index (κ3) is 2.41. The summed E-state index contributed by atoms with van der Waals surface area (Å²) in [5, 5.41) is 0. The van der Waals surface area contributed by atoms with Crippen LogP contribution >= 0.6 is 0 Å². The van der Waals surface area contributed by atoms with Crippen molar-refractivity contribution >= 4 is 19.6 Å². The van der Waals surface area contributed by atoms with Crippen molar-refractivity contribution in [3.05, 3.63) is 0 Å². The Morgan fingerprint density at radius 3 is 2.25 bits per heavy atom. The van der Waals surface area contributed by atoms with Crippen molar-refractivity contribution in [3.63, 3.8) is 0 Å². The molecule has 0 N–H and O–H groups in total. The molecule has 0 radical (unpaired) electrons. The van der Waals surface area contributed by atoms with Gasteiger partial charge >= 0.3 is 52.7 Å². The minimum Gasteiger partial charge on any atom is -1.00 e. The predicted molar refractivity (Wildman–Crippen MR) is 35.1 cm³/mol. The Kier molecular flexibility index (Phi) is 5.18. The molecule has 1 atom stereocenters. The van der Waals surface area contributed by atoms with Crippen molar-refractivity contribution in [1.29, 1.82) is 0 Å². The van der Waals surface area contributed by atoms with Crippen LogP contribution in [0.15, 0.2) is 0 Å². The van der Waals surface area contributed by atoms with Crippen LogP contribution in [0.4, 0.5) is 0 Å².